The molecule has 0 spiro atoms. The van der Waals surface area contributed by atoms with Crippen molar-refractivity contribution >= 4 is 29.0 Å². The van der Waals surface area contributed by atoms with Gasteiger partial charge in [0.1, 0.15) is 5.70 Å². The number of carbonyl (C=O) groups excluding carboxylic acids is 2. The van der Waals surface area contributed by atoms with E-state index in [1.54, 1.807) is 30.5 Å². The Labute approximate surface area is 169 Å². The third-order valence-corrected chi connectivity index (χ3v) is 5.39. The van der Waals surface area contributed by atoms with Crippen LogP contribution in [0.1, 0.15) is 11.3 Å². The zero-order valence-electron chi connectivity index (χ0n) is 15.6. The SMILES string of the molecule is CN1CCN(C2=C(c3ccc(Cl)cc3)C(=O)N(Cc3ccccn3)C2=O)CC1. The van der Waals surface area contributed by atoms with E-state index in [0.717, 1.165) is 13.1 Å². The second kappa shape index (κ2) is 7.73. The number of imide groups is 1. The molecule has 0 atom stereocenters. The Morgan fingerprint density at radius 1 is 0.964 bits per heavy atom. The van der Waals surface area contributed by atoms with Gasteiger partial charge in [0.25, 0.3) is 11.8 Å². The Morgan fingerprint density at radius 2 is 1.68 bits per heavy atom. The summed E-state index contributed by atoms with van der Waals surface area (Å²) in [7, 11) is 2.06. The van der Waals surface area contributed by atoms with Gasteiger partial charge in [0, 0.05) is 37.4 Å². The Kier molecular flexibility index (Phi) is 5.15. The molecule has 2 aromatic rings. The lowest BCUT2D eigenvalue weighted by Gasteiger charge is -2.34. The van der Waals surface area contributed by atoms with Crippen LogP contribution in [0.3, 0.4) is 0 Å². The van der Waals surface area contributed by atoms with Crippen LogP contribution in [0, 0.1) is 0 Å². The summed E-state index contributed by atoms with van der Waals surface area (Å²) in [5, 5.41) is 0.590. The van der Waals surface area contributed by atoms with Crippen LogP contribution in [0.15, 0.2) is 54.4 Å². The molecule has 28 heavy (non-hydrogen) atoms. The summed E-state index contributed by atoms with van der Waals surface area (Å²) in [5.41, 5.74) is 2.32. The van der Waals surface area contributed by atoms with Crippen LogP contribution in [0.25, 0.3) is 5.57 Å². The molecule has 2 aliphatic rings. The molecular formula is C21H21ClN4O2. The summed E-state index contributed by atoms with van der Waals surface area (Å²) in [6.07, 6.45) is 1.66. The average Bonchev–Trinajstić information content (AvgIpc) is 2.95. The van der Waals surface area contributed by atoms with Crippen molar-refractivity contribution in [3.8, 4) is 0 Å². The number of likely N-dealkylation sites (N-methyl/N-ethyl adjacent to an activating group) is 1. The lowest BCUT2D eigenvalue weighted by Crippen LogP contribution is -2.46. The molecule has 4 rings (SSSR count). The standard InChI is InChI=1S/C21H21ClN4O2/c1-24-10-12-25(13-11-24)19-18(15-5-7-16(22)8-6-15)20(27)26(21(19)28)14-17-4-2-3-9-23-17/h2-9H,10-14H2,1H3. The van der Waals surface area contributed by atoms with Gasteiger partial charge in [-0.05, 0) is 36.9 Å². The fourth-order valence-electron chi connectivity index (χ4n) is 3.56. The summed E-state index contributed by atoms with van der Waals surface area (Å²) < 4.78 is 0. The number of rotatable bonds is 4. The highest BCUT2D eigenvalue weighted by Crippen LogP contribution is 2.33. The minimum Gasteiger partial charge on any atom is -0.364 e. The second-order valence-corrected chi connectivity index (χ2v) is 7.47. The number of piperazine rings is 1. The number of hydrogen-bond acceptors (Lipinski definition) is 5. The van der Waals surface area contributed by atoms with E-state index in [0.29, 0.717) is 40.6 Å². The predicted molar refractivity (Wildman–Crippen MR) is 107 cm³/mol. The summed E-state index contributed by atoms with van der Waals surface area (Å²) in [5.74, 6) is -0.544. The van der Waals surface area contributed by atoms with Crippen LogP contribution in [-0.4, -0.2) is 64.7 Å². The highest BCUT2D eigenvalue weighted by Gasteiger charge is 2.42. The van der Waals surface area contributed by atoms with Gasteiger partial charge in [-0.25, -0.2) is 0 Å². The molecule has 0 unspecified atom stereocenters. The van der Waals surface area contributed by atoms with Gasteiger partial charge in [-0.1, -0.05) is 29.8 Å². The zero-order valence-corrected chi connectivity index (χ0v) is 16.4. The van der Waals surface area contributed by atoms with Crippen molar-refractivity contribution in [3.63, 3.8) is 0 Å². The minimum absolute atomic E-state index is 0.160. The number of carbonyl (C=O) groups is 2. The van der Waals surface area contributed by atoms with Crippen molar-refractivity contribution < 1.29 is 9.59 Å². The molecular weight excluding hydrogens is 376 g/mol. The maximum absolute atomic E-state index is 13.3. The Balaban J connectivity index is 1.72. The topological polar surface area (TPSA) is 56.8 Å². The zero-order chi connectivity index (χ0) is 19.7. The average molecular weight is 397 g/mol. The third kappa shape index (κ3) is 3.53. The quantitative estimate of drug-likeness (QED) is 0.742. The number of hydrogen-bond donors (Lipinski definition) is 0. The summed E-state index contributed by atoms with van der Waals surface area (Å²) in [6.45, 7) is 3.27. The van der Waals surface area contributed by atoms with Gasteiger partial charge in [0.05, 0.1) is 17.8 Å². The number of amides is 2. The monoisotopic (exact) mass is 396 g/mol. The molecule has 1 fully saturated rings. The van der Waals surface area contributed by atoms with E-state index in [2.05, 4.69) is 16.9 Å². The van der Waals surface area contributed by atoms with Gasteiger partial charge in [0.2, 0.25) is 0 Å². The molecule has 1 aromatic heterocycles. The Bertz CT molecular complexity index is 919. The maximum atomic E-state index is 13.3. The van der Waals surface area contributed by atoms with Crippen molar-refractivity contribution in [2.24, 2.45) is 0 Å². The third-order valence-electron chi connectivity index (χ3n) is 5.14. The van der Waals surface area contributed by atoms with Gasteiger partial charge in [-0.2, -0.15) is 0 Å². The van der Waals surface area contributed by atoms with Gasteiger partial charge in [-0.3, -0.25) is 19.5 Å². The molecule has 0 N–H and O–H groups in total. The van der Waals surface area contributed by atoms with E-state index in [4.69, 9.17) is 11.6 Å². The molecule has 144 valence electrons. The number of pyridine rings is 1. The van der Waals surface area contributed by atoms with Crippen LogP contribution in [0.4, 0.5) is 0 Å². The molecule has 1 saturated heterocycles. The first-order valence-corrected chi connectivity index (χ1v) is 9.62. The lowest BCUT2D eigenvalue weighted by molar-refractivity contribution is -0.138. The van der Waals surface area contributed by atoms with Gasteiger partial charge in [0.15, 0.2) is 0 Å². The highest BCUT2D eigenvalue weighted by molar-refractivity contribution is 6.35. The molecule has 1 aromatic carbocycles. The van der Waals surface area contributed by atoms with Crippen LogP contribution in [0.5, 0.6) is 0 Å². The molecule has 2 amide bonds. The van der Waals surface area contributed by atoms with Crippen molar-refractivity contribution in [3.05, 3.63) is 70.6 Å². The van der Waals surface area contributed by atoms with E-state index in [9.17, 15) is 9.59 Å². The van der Waals surface area contributed by atoms with Crippen molar-refractivity contribution in [2.75, 3.05) is 33.2 Å². The lowest BCUT2D eigenvalue weighted by atomic mass is 10.0. The highest BCUT2D eigenvalue weighted by atomic mass is 35.5. The first kappa shape index (κ1) is 18.7. The van der Waals surface area contributed by atoms with Crippen LogP contribution < -0.4 is 0 Å². The molecule has 0 aliphatic carbocycles. The van der Waals surface area contributed by atoms with E-state index >= 15 is 0 Å². The van der Waals surface area contributed by atoms with Crippen LogP contribution >= 0.6 is 11.6 Å². The van der Waals surface area contributed by atoms with Crippen LogP contribution in [0.2, 0.25) is 5.02 Å². The van der Waals surface area contributed by atoms with E-state index in [1.807, 2.05) is 23.1 Å². The summed E-state index contributed by atoms with van der Waals surface area (Å²) in [6, 6.07) is 12.5. The summed E-state index contributed by atoms with van der Waals surface area (Å²) >= 11 is 6.02. The van der Waals surface area contributed by atoms with E-state index < -0.39 is 0 Å². The van der Waals surface area contributed by atoms with Crippen molar-refractivity contribution in [1.29, 1.82) is 0 Å². The number of halogens is 1. The van der Waals surface area contributed by atoms with Gasteiger partial charge in [-0.15, -0.1) is 0 Å². The molecule has 2 aliphatic heterocycles. The fourth-order valence-corrected chi connectivity index (χ4v) is 3.69. The second-order valence-electron chi connectivity index (χ2n) is 7.04. The van der Waals surface area contributed by atoms with Crippen LogP contribution in [-0.2, 0) is 16.1 Å². The van der Waals surface area contributed by atoms with Gasteiger partial charge >= 0.3 is 0 Å². The number of nitrogens with zero attached hydrogens (tertiary/aromatic N) is 4. The maximum Gasteiger partial charge on any atom is 0.278 e. The molecule has 7 heteroatoms. The largest absolute Gasteiger partial charge is 0.364 e. The minimum atomic E-state index is -0.285. The molecule has 3 heterocycles. The van der Waals surface area contributed by atoms with Crippen molar-refractivity contribution in [1.82, 2.24) is 19.7 Å². The normalized spacial score (nSPS) is 18.4. The summed E-state index contributed by atoms with van der Waals surface area (Å²) in [4.78, 5) is 36.4. The smallest absolute Gasteiger partial charge is 0.278 e. The molecule has 0 saturated carbocycles. The molecule has 6 nitrogen and oxygen atoms in total. The Hall–Kier alpha value is -2.70. The van der Waals surface area contributed by atoms with Crippen molar-refractivity contribution in [2.45, 2.75) is 6.54 Å². The first-order chi connectivity index (χ1) is 13.5. The van der Waals surface area contributed by atoms with Gasteiger partial charge < -0.3 is 9.80 Å². The van der Waals surface area contributed by atoms with E-state index in [-0.39, 0.29) is 18.4 Å². The first-order valence-electron chi connectivity index (χ1n) is 9.24. The number of aromatic nitrogens is 1. The molecule has 0 bridgehead atoms. The van der Waals surface area contributed by atoms with E-state index in [1.165, 1.54) is 4.90 Å². The Morgan fingerprint density at radius 3 is 2.32 bits per heavy atom. The number of benzene rings is 1. The predicted octanol–water partition coefficient (Wildman–Crippen LogP) is 2.26. The molecule has 0 radical (unpaired) electrons. The fraction of sp³-hybridized carbons (Fsp3) is 0.286.